The predicted molar refractivity (Wildman–Crippen MR) is 101 cm³/mol. The molecule has 0 radical (unpaired) electrons. The molecule has 1 aromatic carbocycles. The summed E-state index contributed by atoms with van der Waals surface area (Å²) in [6.45, 7) is 1.72. The molecule has 8 nitrogen and oxygen atoms in total. The molecule has 0 N–H and O–H groups in total. The Balaban J connectivity index is 2.39. The first-order valence-corrected chi connectivity index (χ1v) is 9.12. The van der Waals surface area contributed by atoms with Crippen molar-refractivity contribution in [3.8, 4) is 6.07 Å². The van der Waals surface area contributed by atoms with Crippen molar-refractivity contribution in [2.75, 3.05) is 20.7 Å². The van der Waals surface area contributed by atoms with Gasteiger partial charge in [0.25, 0.3) is 5.56 Å². The summed E-state index contributed by atoms with van der Waals surface area (Å²) in [6, 6.07) is 8.82. The molecule has 1 amide bonds. The lowest BCUT2D eigenvalue weighted by Gasteiger charge is -2.21. The predicted octanol–water partition coefficient (Wildman–Crippen LogP) is 1.42. The molecule has 0 aliphatic carbocycles. The number of amides is 1. The van der Waals surface area contributed by atoms with E-state index in [9.17, 15) is 14.4 Å². The van der Waals surface area contributed by atoms with Gasteiger partial charge in [-0.15, -0.1) is 0 Å². The molecule has 1 heterocycles. The van der Waals surface area contributed by atoms with Gasteiger partial charge in [0, 0.05) is 13.6 Å². The minimum absolute atomic E-state index is 0.192. The second-order valence-electron chi connectivity index (χ2n) is 5.81. The summed E-state index contributed by atoms with van der Waals surface area (Å²) in [4.78, 5) is 42.9. The maximum Gasteiger partial charge on any atom is 0.325 e. The van der Waals surface area contributed by atoms with Crippen LogP contribution in [0.2, 0.25) is 0 Å². The monoisotopic (exact) mass is 388 g/mol. The number of thioether (sulfide) groups is 1. The van der Waals surface area contributed by atoms with E-state index in [0.29, 0.717) is 17.4 Å². The highest BCUT2D eigenvalue weighted by atomic mass is 32.2. The van der Waals surface area contributed by atoms with Crippen LogP contribution in [0.5, 0.6) is 0 Å². The molecular formula is C18H20N4O4S. The van der Waals surface area contributed by atoms with Gasteiger partial charge in [0.2, 0.25) is 5.91 Å². The van der Waals surface area contributed by atoms with Gasteiger partial charge in [-0.2, -0.15) is 5.26 Å². The zero-order valence-electron chi connectivity index (χ0n) is 15.3. The number of carbonyl (C=O) groups excluding carboxylic acids is 2. The second kappa shape index (κ2) is 9.19. The third-order valence-corrected chi connectivity index (χ3v) is 4.98. The van der Waals surface area contributed by atoms with Crippen LogP contribution in [0, 0.1) is 11.3 Å². The quantitative estimate of drug-likeness (QED) is 0.401. The molecule has 0 aliphatic rings. The van der Waals surface area contributed by atoms with Gasteiger partial charge in [0.1, 0.15) is 6.54 Å². The van der Waals surface area contributed by atoms with Gasteiger partial charge in [-0.05, 0) is 19.1 Å². The van der Waals surface area contributed by atoms with Crippen molar-refractivity contribution in [3.05, 3.63) is 34.6 Å². The Morgan fingerprint density at radius 3 is 2.78 bits per heavy atom. The van der Waals surface area contributed by atoms with Crippen molar-refractivity contribution >= 4 is 34.5 Å². The van der Waals surface area contributed by atoms with Crippen LogP contribution >= 0.6 is 11.8 Å². The Morgan fingerprint density at radius 2 is 2.11 bits per heavy atom. The summed E-state index contributed by atoms with van der Waals surface area (Å²) in [6.07, 6.45) is 0.237. The van der Waals surface area contributed by atoms with E-state index in [4.69, 9.17) is 5.26 Å². The van der Waals surface area contributed by atoms with Gasteiger partial charge < -0.3 is 9.64 Å². The Hall–Kier alpha value is -2.86. The fourth-order valence-corrected chi connectivity index (χ4v) is 3.44. The summed E-state index contributed by atoms with van der Waals surface area (Å²) in [5.74, 6) is -0.775. The van der Waals surface area contributed by atoms with Crippen LogP contribution in [-0.4, -0.2) is 52.3 Å². The van der Waals surface area contributed by atoms with E-state index in [-0.39, 0.29) is 29.6 Å². The number of carbonyl (C=O) groups is 2. The van der Waals surface area contributed by atoms with Crippen molar-refractivity contribution in [3.63, 3.8) is 0 Å². The average Bonchev–Trinajstić information content (AvgIpc) is 2.68. The zero-order chi connectivity index (χ0) is 20.0. The Labute approximate surface area is 160 Å². The van der Waals surface area contributed by atoms with Crippen LogP contribution in [0.1, 0.15) is 13.3 Å². The number of esters is 1. The zero-order valence-corrected chi connectivity index (χ0v) is 16.2. The van der Waals surface area contributed by atoms with E-state index in [1.165, 1.54) is 16.6 Å². The van der Waals surface area contributed by atoms with Crippen molar-refractivity contribution in [1.29, 1.82) is 5.26 Å². The number of rotatable bonds is 7. The molecule has 27 heavy (non-hydrogen) atoms. The lowest BCUT2D eigenvalue weighted by molar-refractivity contribution is -0.141. The first-order valence-electron chi connectivity index (χ1n) is 8.24. The number of methoxy groups -OCH3 is 1. The van der Waals surface area contributed by atoms with Crippen LogP contribution in [0.3, 0.4) is 0 Å². The summed E-state index contributed by atoms with van der Waals surface area (Å²) in [5.41, 5.74) is 0.120. The van der Waals surface area contributed by atoms with Gasteiger partial charge in [0.15, 0.2) is 5.16 Å². The van der Waals surface area contributed by atoms with Crippen molar-refractivity contribution in [1.82, 2.24) is 14.5 Å². The van der Waals surface area contributed by atoms with Crippen LogP contribution < -0.4 is 5.56 Å². The van der Waals surface area contributed by atoms with Crippen molar-refractivity contribution in [2.45, 2.75) is 30.3 Å². The third kappa shape index (κ3) is 4.86. The number of nitrogens with zero attached hydrogens (tertiary/aromatic N) is 4. The van der Waals surface area contributed by atoms with E-state index in [1.54, 1.807) is 38.2 Å². The van der Waals surface area contributed by atoms with Gasteiger partial charge in [-0.25, -0.2) is 4.98 Å². The SMILES string of the molecule is COC(=O)Cn1c(S[C@@H](C)C(=O)N(C)CCC#N)nc2ccccc2c1=O. The van der Waals surface area contributed by atoms with Crippen molar-refractivity contribution < 1.29 is 14.3 Å². The highest BCUT2D eigenvalue weighted by molar-refractivity contribution is 8.00. The van der Waals surface area contributed by atoms with Crippen LogP contribution in [0.25, 0.3) is 10.9 Å². The lowest BCUT2D eigenvalue weighted by Crippen LogP contribution is -2.35. The number of aromatic nitrogens is 2. The van der Waals surface area contributed by atoms with E-state index in [2.05, 4.69) is 9.72 Å². The van der Waals surface area contributed by atoms with E-state index >= 15 is 0 Å². The van der Waals surface area contributed by atoms with Crippen LogP contribution in [0.4, 0.5) is 0 Å². The minimum atomic E-state index is -0.582. The largest absolute Gasteiger partial charge is 0.468 e. The smallest absolute Gasteiger partial charge is 0.325 e. The molecular weight excluding hydrogens is 368 g/mol. The fourth-order valence-electron chi connectivity index (χ4n) is 2.42. The molecule has 0 unspecified atom stereocenters. The van der Waals surface area contributed by atoms with Gasteiger partial charge in [-0.3, -0.25) is 19.0 Å². The summed E-state index contributed by atoms with van der Waals surface area (Å²) < 4.78 is 5.89. The molecule has 0 saturated heterocycles. The average molecular weight is 388 g/mol. The standard InChI is InChI=1S/C18H20N4O4S/c1-12(16(24)21(2)10-6-9-19)27-18-20-14-8-5-4-7-13(14)17(25)22(18)11-15(23)26-3/h4-5,7-8,12H,6,10-11H2,1-3H3/t12-/m0/s1. The maximum atomic E-state index is 12.8. The molecule has 2 rings (SSSR count). The highest BCUT2D eigenvalue weighted by Crippen LogP contribution is 2.23. The van der Waals surface area contributed by atoms with E-state index in [0.717, 1.165) is 11.8 Å². The van der Waals surface area contributed by atoms with Crippen LogP contribution in [0.15, 0.2) is 34.2 Å². The summed E-state index contributed by atoms with van der Waals surface area (Å²) >= 11 is 1.09. The van der Waals surface area contributed by atoms with E-state index in [1.807, 2.05) is 6.07 Å². The third-order valence-electron chi connectivity index (χ3n) is 3.91. The number of para-hydroxylation sites is 1. The van der Waals surface area contributed by atoms with Gasteiger partial charge in [-0.1, -0.05) is 23.9 Å². The Bertz CT molecular complexity index is 951. The molecule has 0 spiro atoms. The molecule has 9 heteroatoms. The Morgan fingerprint density at radius 1 is 1.41 bits per heavy atom. The molecule has 1 aromatic heterocycles. The van der Waals surface area contributed by atoms with Gasteiger partial charge in [0.05, 0.1) is 35.8 Å². The number of benzene rings is 1. The summed E-state index contributed by atoms with van der Waals surface area (Å²) in [7, 11) is 2.86. The molecule has 0 saturated carbocycles. The minimum Gasteiger partial charge on any atom is -0.468 e. The maximum absolute atomic E-state index is 12.8. The number of hydrogen-bond donors (Lipinski definition) is 0. The molecule has 0 fully saturated rings. The molecule has 142 valence electrons. The Kier molecular flexibility index (Phi) is 6.96. The first kappa shape index (κ1) is 20.5. The number of fused-ring (bicyclic) bond motifs is 1. The number of nitriles is 1. The second-order valence-corrected chi connectivity index (χ2v) is 7.11. The normalized spacial score (nSPS) is 11.6. The number of ether oxygens (including phenoxy) is 1. The van der Waals surface area contributed by atoms with E-state index < -0.39 is 11.2 Å². The van der Waals surface area contributed by atoms with Crippen molar-refractivity contribution in [2.24, 2.45) is 0 Å². The molecule has 2 aromatic rings. The highest BCUT2D eigenvalue weighted by Gasteiger charge is 2.22. The molecule has 1 atom stereocenters. The fraction of sp³-hybridized carbons (Fsp3) is 0.389. The topological polar surface area (TPSA) is 105 Å². The molecule has 0 bridgehead atoms. The lowest BCUT2D eigenvalue weighted by atomic mass is 10.2. The summed E-state index contributed by atoms with van der Waals surface area (Å²) in [5, 5.41) is 8.76. The van der Waals surface area contributed by atoms with Crippen LogP contribution in [-0.2, 0) is 20.9 Å². The molecule has 0 aliphatic heterocycles. The first-order chi connectivity index (χ1) is 12.9. The number of hydrogen-bond acceptors (Lipinski definition) is 7. The van der Waals surface area contributed by atoms with Gasteiger partial charge >= 0.3 is 5.97 Å².